The molecular weight excluding hydrogens is 385 g/mol. The van der Waals surface area contributed by atoms with E-state index in [0.29, 0.717) is 25.2 Å². The maximum Gasteiger partial charge on any atom is 0.416 e. The fraction of sp³-hybridized carbons (Fsp3) is 0.211. The summed E-state index contributed by atoms with van der Waals surface area (Å²) in [5, 5.41) is 12.2. The molecule has 2 heterocycles. The minimum atomic E-state index is -4.52. The van der Waals surface area contributed by atoms with Crippen LogP contribution in [0.1, 0.15) is 12.0 Å². The van der Waals surface area contributed by atoms with Gasteiger partial charge in [-0.2, -0.15) is 18.3 Å². The average molecular weight is 404 g/mol. The van der Waals surface area contributed by atoms with E-state index in [2.05, 4.69) is 26.0 Å². The molecule has 152 valence electrons. The zero-order valence-corrected chi connectivity index (χ0v) is 15.3. The molecule has 0 aliphatic rings. The van der Waals surface area contributed by atoms with Gasteiger partial charge in [0.25, 0.3) is 0 Å². The maximum atomic E-state index is 13.0. The summed E-state index contributed by atoms with van der Waals surface area (Å²) in [6.45, 7) is 0.918. The van der Waals surface area contributed by atoms with Crippen molar-refractivity contribution < 1.29 is 18.0 Å². The lowest BCUT2D eigenvalue weighted by molar-refractivity contribution is -0.137. The van der Waals surface area contributed by atoms with Crippen molar-refractivity contribution in [1.82, 2.24) is 20.1 Å². The van der Waals surface area contributed by atoms with Gasteiger partial charge in [-0.1, -0.05) is 6.07 Å². The van der Waals surface area contributed by atoms with E-state index in [0.717, 1.165) is 18.0 Å². The van der Waals surface area contributed by atoms with Gasteiger partial charge in [0, 0.05) is 31.7 Å². The summed E-state index contributed by atoms with van der Waals surface area (Å²) in [5.41, 5.74) is -0.522. The fourth-order valence-corrected chi connectivity index (χ4v) is 2.56. The molecule has 0 fully saturated rings. The quantitative estimate of drug-likeness (QED) is 0.522. The van der Waals surface area contributed by atoms with Gasteiger partial charge in [0.1, 0.15) is 5.82 Å². The molecule has 1 aromatic carbocycles. The Labute approximate surface area is 165 Å². The largest absolute Gasteiger partial charge is 0.416 e. The maximum absolute atomic E-state index is 13.0. The van der Waals surface area contributed by atoms with Gasteiger partial charge >= 0.3 is 12.2 Å². The van der Waals surface area contributed by atoms with Crippen LogP contribution < -0.4 is 16.0 Å². The lowest BCUT2D eigenvalue weighted by Crippen LogP contribution is -2.31. The highest BCUT2D eigenvalue weighted by Gasteiger charge is 2.31. The molecule has 0 saturated heterocycles. The van der Waals surface area contributed by atoms with Crippen molar-refractivity contribution in [1.29, 1.82) is 0 Å². The van der Waals surface area contributed by atoms with Crippen molar-refractivity contribution in [3.8, 4) is 5.69 Å². The first-order valence-electron chi connectivity index (χ1n) is 8.84. The number of urea groups is 1. The first kappa shape index (κ1) is 20.2. The zero-order valence-electron chi connectivity index (χ0n) is 15.3. The number of carbonyl (C=O) groups excluding carboxylic acids is 1. The van der Waals surface area contributed by atoms with Gasteiger partial charge in [-0.05, 0) is 42.8 Å². The molecule has 10 heteroatoms. The predicted octanol–water partition coefficient (Wildman–Crippen LogP) is 3.91. The minimum Gasteiger partial charge on any atom is -0.370 e. The SMILES string of the molecule is O=C(NCCCNc1ccccn1)Nc1cc(C(F)(F)F)ccc1-n1cccn1. The Bertz CT molecular complexity index is 929. The van der Waals surface area contributed by atoms with Crippen LogP contribution in [0.25, 0.3) is 5.69 Å². The van der Waals surface area contributed by atoms with Crippen LogP contribution in [0.2, 0.25) is 0 Å². The third-order valence-electron chi connectivity index (χ3n) is 3.93. The van der Waals surface area contributed by atoms with Gasteiger partial charge in [-0.3, -0.25) is 0 Å². The molecule has 29 heavy (non-hydrogen) atoms. The van der Waals surface area contributed by atoms with Crippen LogP contribution in [0, 0.1) is 0 Å². The Hall–Kier alpha value is -3.56. The molecule has 2 aromatic heterocycles. The molecule has 0 atom stereocenters. The van der Waals surface area contributed by atoms with E-state index < -0.39 is 17.8 Å². The number of benzene rings is 1. The molecular formula is C19H19F3N6O. The molecule has 3 rings (SSSR count). The van der Waals surface area contributed by atoms with E-state index in [-0.39, 0.29) is 5.69 Å². The normalized spacial score (nSPS) is 11.1. The summed E-state index contributed by atoms with van der Waals surface area (Å²) >= 11 is 0. The van der Waals surface area contributed by atoms with Crippen LogP contribution in [-0.2, 0) is 6.18 Å². The molecule has 0 spiro atoms. The van der Waals surface area contributed by atoms with Gasteiger partial charge in [0.05, 0.1) is 16.9 Å². The van der Waals surface area contributed by atoms with Crippen molar-refractivity contribution in [2.75, 3.05) is 23.7 Å². The van der Waals surface area contributed by atoms with Gasteiger partial charge in [-0.25, -0.2) is 14.5 Å². The van der Waals surface area contributed by atoms with Crippen LogP contribution in [0.3, 0.4) is 0 Å². The van der Waals surface area contributed by atoms with Crippen molar-refractivity contribution in [2.45, 2.75) is 12.6 Å². The summed E-state index contributed by atoms with van der Waals surface area (Å²) < 4.78 is 40.5. The smallest absolute Gasteiger partial charge is 0.370 e. The summed E-state index contributed by atoms with van der Waals surface area (Å²) in [5.74, 6) is 0.727. The van der Waals surface area contributed by atoms with Crippen molar-refractivity contribution >= 4 is 17.5 Å². The van der Waals surface area contributed by atoms with Crippen LogP contribution >= 0.6 is 0 Å². The highest BCUT2D eigenvalue weighted by Crippen LogP contribution is 2.33. The van der Waals surface area contributed by atoms with E-state index in [9.17, 15) is 18.0 Å². The number of alkyl halides is 3. The zero-order chi connectivity index (χ0) is 20.7. The molecule has 3 aromatic rings. The second-order valence-electron chi connectivity index (χ2n) is 6.06. The second-order valence-corrected chi connectivity index (χ2v) is 6.06. The number of nitrogens with one attached hydrogen (secondary N) is 3. The molecule has 0 aliphatic carbocycles. The Morgan fingerprint density at radius 3 is 2.62 bits per heavy atom. The number of aromatic nitrogens is 3. The summed E-state index contributed by atoms with van der Waals surface area (Å²) in [4.78, 5) is 16.3. The third-order valence-corrected chi connectivity index (χ3v) is 3.93. The minimum absolute atomic E-state index is 0.00707. The number of hydrogen-bond acceptors (Lipinski definition) is 4. The van der Waals surface area contributed by atoms with Crippen molar-refractivity contribution in [3.63, 3.8) is 0 Å². The number of pyridine rings is 1. The topological polar surface area (TPSA) is 83.9 Å². The highest BCUT2D eigenvalue weighted by atomic mass is 19.4. The molecule has 2 amide bonds. The molecule has 7 nitrogen and oxygen atoms in total. The van der Waals surface area contributed by atoms with Crippen LogP contribution in [0.5, 0.6) is 0 Å². The molecule has 0 radical (unpaired) electrons. The van der Waals surface area contributed by atoms with Gasteiger partial charge in [0.2, 0.25) is 0 Å². The van der Waals surface area contributed by atoms with E-state index in [1.165, 1.54) is 16.9 Å². The number of nitrogens with zero attached hydrogens (tertiary/aromatic N) is 3. The molecule has 0 unspecified atom stereocenters. The van der Waals surface area contributed by atoms with Crippen LogP contribution in [0.15, 0.2) is 61.1 Å². The van der Waals surface area contributed by atoms with Crippen molar-refractivity contribution in [3.05, 3.63) is 66.6 Å². The molecule has 3 N–H and O–H groups in total. The number of hydrogen-bond donors (Lipinski definition) is 3. The van der Waals surface area contributed by atoms with E-state index >= 15 is 0 Å². The Kier molecular flexibility index (Phi) is 6.32. The summed E-state index contributed by atoms with van der Waals surface area (Å²) in [7, 11) is 0. The average Bonchev–Trinajstić information content (AvgIpc) is 3.22. The summed E-state index contributed by atoms with van der Waals surface area (Å²) in [6.07, 6.45) is 0.830. The monoisotopic (exact) mass is 404 g/mol. The Morgan fingerprint density at radius 2 is 1.93 bits per heavy atom. The van der Waals surface area contributed by atoms with Gasteiger partial charge in [-0.15, -0.1) is 0 Å². The number of amides is 2. The lowest BCUT2D eigenvalue weighted by Gasteiger charge is -2.15. The van der Waals surface area contributed by atoms with Gasteiger partial charge < -0.3 is 16.0 Å². The predicted molar refractivity (Wildman–Crippen MR) is 103 cm³/mol. The van der Waals surface area contributed by atoms with Gasteiger partial charge in [0.15, 0.2) is 0 Å². The van der Waals surface area contributed by atoms with Crippen LogP contribution in [-0.4, -0.2) is 33.9 Å². The number of carbonyl (C=O) groups is 1. The molecule has 0 aliphatic heterocycles. The van der Waals surface area contributed by atoms with Crippen molar-refractivity contribution in [2.24, 2.45) is 0 Å². The third kappa shape index (κ3) is 5.71. The summed E-state index contributed by atoms with van der Waals surface area (Å²) in [6, 6.07) is 9.62. The fourth-order valence-electron chi connectivity index (χ4n) is 2.56. The first-order chi connectivity index (χ1) is 13.9. The number of rotatable bonds is 7. The highest BCUT2D eigenvalue weighted by molar-refractivity contribution is 5.91. The van der Waals surface area contributed by atoms with E-state index in [1.54, 1.807) is 18.5 Å². The molecule has 0 saturated carbocycles. The second kappa shape index (κ2) is 9.09. The van der Waals surface area contributed by atoms with Crippen LogP contribution in [0.4, 0.5) is 29.5 Å². The Balaban J connectivity index is 1.58. The Morgan fingerprint density at radius 1 is 1.07 bits per heavy atom. The number of anilines is 2. The van der Waals surface area contributed by atoms with E-state index in [4.69, 9.17) is 0 Å². The lowest BCUT2D eigenvalue weighted by atomic mass is 10.1. The number of halogens is 3. The molecule has 0 bridgehead atoms. The van der Waals surface area contributed by atoms with E-state index in [1.807, 2.05) is 18.2 Å². The standard InChI is InChI=1S/C19H19F3N6O/c20-19(21,22)14-6-7-16(28-12-4-11-26-28)15(13-14)27-18(29)25-10-3-9-24-17-5-1-2-8-23-17/h1-2,4-8,11-13H,3,9-10H2,(H,23,24)(H2,25,27,29). The first-order valence-corrected chi connectivity index (χ1v) is 8.84.